The Bertz CT molecular complexity index is 788. The second-order valence-electron chi connectivity index (χ2n) is 9.73. The van der Waals surface area contributed by atoms with Crippen molar-refractivity contribution < 1.29 is 34.4 Å². The third kappa shape index (κ3) is 2.13. The maximum atomic E-state index is 13.5. The van der Waals surface area contributed by atoms with E-state index >= 15 is 0 Å². The molecule has 0 amide bonds. The van der Waals surface area contributed by atoms with Crippen molar-refractivity contribution in [1.29, 1.82) is 0 Å². The fourth-order valence-corrected chi connectivity index (χ4v) is 6.74. The van der Waals surface area contributed by atoms with E-state index in [1.165, 1.54) is 0 Å². The summed E-state index contributed by atoms with van der Waals surface area (Å²) in [6.45, 7) is 5.46. The maximum absolute atomic E-state index is 13.5. The van der Waals surface area contributed by atoms with Gasteiger partial charge >= 0.3 is 0 Å². The lowest BCUT2D eigenvalue weighted by Crippen LogP contribution is -2.64. The predicted octanol–water partition coefficient (Wildman–Crippen LogP) is 0.543. The fourth-order valence-electron chi connectivity index (χ4n) is 6.74. The third-order valence-corrected chi connectivity index (χ3v) is 8.23. The Morgan fingerprint density at radius 3 is 2.39 bits per heavy atom. The molecule has 0 aromatic rings. The van der Waals surface area contributed by atoms with Crippen molar-refractivity contribution >= 4 is 18.0 Å². The van der Waals surface area contributed by atoms with Crippen LogP contribution >= 0.6 is 0 Å². The molecular formula is C21H28O7. The molecule has 0 aromatic carbocycles. The first-order valence-corrected chi connectivity index (χ1v) is 10.00. The smallest absolute Gasteiger partial charge is 0.293 e. The SMILES string of the molecule is C[C@@H]1C[C@]12C(=O)C1=C(C(=O)[C@@H]2O)[C@@]2(C)CCC[C@](C)(CO)[C@@H]2[C@H](O)[C@H]1OC=O. The number of hydrogen-bond donors (Lipinski definition) is 3. The molecule has 4 aliphatic carbocycles. The first kappa shape index (κ1) is 19.7. The van der Waals surface area contributed by atoms with E-state index in [9.17, 15) is 29.7 Å². The number of ketones is 2. The number of rotatable bonds is 3. The van der Waals surface area contributed by atoms with Crippen LogP contribution in [-0.2, 0) is 19.1 Å². The largest absolute Gasteiger partial charge is 0.457 e. The molecule has 2 saturated carbocycles. The Morgan fingerprint density at radius 1 is 1.21 bits per heavy atom. The third-order valence-electron chi connectivity index (χ3n) is 8.23. The summed E-state index contributed by atoms with van der Waals surface area (Å²) in [7, 11) is 0. The number of fused-ring (bicyclic) bond motifs is 2. The molecular weight excluding hydrogens is 364 g/mol. The van der Waals surface area contributed by atoms with Crippen LogP contribution in [0.1, 0.15) is 46.5 Å². The predicted molar refractivity (Wildman–Crippen MR) is 96.8 cm³/mol. The van der Waals surface area contributed by atoms with Gasteiger partial charge in [0.25, 0.3) is 6.47 Å². The van der Waals surface area contributed by atoms with Crippen molar-refractivity contribution in [3.63, 3.8) is 0 Å². The van der Waals surface area contributed by atoms with Gasteiger partial charge in [0, 0.05) is 29.1 Å². The zero-order valence-electron chi connectivity index (χ0n) is 16.5. The monoisotopic (exact) mass is 392 g/mol. The van der Waals surface area contributed by atoms with Gasteiger partial charge in [0.1, 0.15) is 6.10 Å². The molecule has 28 heavy (non-hydrogen) atoms. The second kappa shape index (κ2) is 5.97. The molecule has 0 radical (unpaired) electrons. The molecule has 8 atom stereocenters. The van der Waals surface area contributed by atoms with E-state index in [0.29, 0.717) is 25.7 Å². The standard InChI is InChI=1S/C21H28O7/c1-10-7-21(10)17(26)11-12(13(24)18(21)27)20(3)6-4-5-19(2,8-22)16(20)14(25)15(11)28-9-23/h9-10,14-16,18,22,25,27H,4-8H2,1-3H3/t10-,14-,15+,16+,18+,19-,20-,21-/m1/s1. The molecule has 3 N–H and O–H groups in total. The van der Waals surface area contributed by atoms with Crippen molar-refractivity contribution in [2.75, 3.05) is 6.61 Å². The van der Waals surface area contributed by atoms with Gasteiger partial charge in [0.05, 0.1) is 11.5 Å². The molecule has 154 valence electrons. The summed E-state index contributed by atoms with van der Waals surface area (Å²) in [5.41, 5.74) is -2.51. The van der Waals surface area contributed by atoms with Gasteiger partial charge in [0.15, 0.2) is 17.7 Å². The molecule has 0 aromatic heterocycles. The number of aliphatic hydroxyl groups excluding tert-OH is 3. The van der Waals surface area contributed by atoms with Crippen LogP contribution in [0, 0.1) is 28.1 Å². The summed E-state index contributed by atoms with van der Waals surface area (Å²) in [5.74, 6) is -1.62. The van der Waals surface area contributed by atoms with E-state index in [-0.39, 0.29) is 35.9 Å². The molecule has 0 aliphatic heterocycles. The minimum atomic E-state index is -1.42. The first-order valence-electron chi connectivity index (χ1n) is 10.00. The fraction of sp³-hybridized carbons (Fsp3) is 0.762. The average Bonchev–Trinajstić information content (AvgIpc) is 3.32. The zero-order chi connectivity index (χ0) is 20.6. The van der Waals surface area contributed by atoms with E-state index in [0.717, 1.165) is 0 Å². The van der Waals surface area contributed by atoms with Crippen LogP contribution in [-0.4, -0.2) is 58.3 Å². The molecule has 1 spiro atoms. The Hall–Kier alpha value is -1.57. The Kier molecular flexibility index (Phi) is 4.21. The van der Waals surface area contributed by atoms with Crippen LogP contribution in [0.5, 0.6) is 0 Å². The summed E-state index contributed by atoms with van der Waals surface area (Å²) < 4.78 is 5.18. The summed E-state index contributed by atoms with van der Waals surface area (Å²) in [6.07, 6.45) is -1.60. The second-order valence-corrected chi connectivity index (χ2v) is 9.73. The zero-order valence-corrected chi connectivity index (χ0v) is 16.5. The van der Waals surface area contributed by atoms with Crippen LogP contribution in [0.3, 0.4) is 0 Å². The normalized spacial score (nSPS) is 50.3. The Morgan fingerprint density at radius 2 is 1.86 bits per heavy atom. The lowest BCUT2D eigenvalue weighted by molar-refractivity contribution is -0.169. The number of hydrogen-bond acceptors (Lipinski definition) is 7. The van der Waals surface area contributed by atoms with Crippen LogP contribution in [0.2, 0.25) is 0 Å². The van der Waals surface area contributed by atoms with E-state index in [2.05, 4.69) is 0 Å². The van der Waals surface area contributed by atoms with Crippen LogP contribution in [0.4, 0.5) is 0 Å². The molecule has 4 aliphatic rings. The topological polar surface area (TPSA) is 121 Å². The van der Waals surface area contributed by atoms with Gasteiger partial charge in [-0.2, -0.15) is 0 Å². The summed E-state index contributed by atoms with van der Waals surface area (Å²) >= 11 is 0. The van der Waals surface area contributed by atoms with E-state index in [1.54, 1.807) is 0 Å². The van der Waals surface area contributed by atoms with Crippen molar-refractivity contribution in [2.24, 2.45) is 28.1 Å². The van der Waals surface area contributed by atoms with E-state index in [4.69, 9.17) is 4.74 Å². The first-order chi connectivity index (χ1) is 13.1. The van der Waals surface area contributed by atoms with Gasteiger partial charge in [-0.25, -0.2) is 0 Å². The highest BCUT2D eigenvalue weighted by Crippen LogP contribution is 2.66. The van der Waals surface area contributed by atoms with Gasteiger partial charge in [-0.15, -0.1) is 0 Å². The molecule has 7 heteroatoms. The summed E-state index contributed by atoms with van der Waals surface area (Å²) in [4.78, 5) is 38.0. The highest BCUT2D eigenvalue weighted by Gasteiger charge is 2.72. The average molecular weight is 392 g/mol. The Labute approximate surface area is 163 Å². The molecule has 7 nitrogen and oxygen atoms in total. The summed E-state index contributed by atoms with van der Waals surface area (Å²) in [6, 6.07) is 0. The van der Waals surface area contributed by atoms with Crippen molar-refractivity contribution in [1.82, 2.24) is 0 Å². The van der Waals surface area contributed by atoms with Crippen molar-refractivity contribution in [3.8, 4) is 0 Å². The van der Waals surface area contributed by atoms with Gasteiger partial charge < -0.3 is 20.1 Å². The van der Waals surface area contributed by atoms with Crippen LogP contribution in [0.25, 0.3) is 0 Å². The van der Waals surface area contributed by atoms with Crippen molar-refractivity contribution in [3.05, 3.63) is 11.1 Å². The number of carbonyl (C=O) groups excluding carboxylic acids is 3. The van der Waals surface area contributed by atoms with Gasteiger partial charge in [0.2, 0.25) is 0 Å². The van der Waals surface area contributed by atoms with Crippen molar-refractivity contribution in [2.45, 2.75) is 64.8 Å². The molecule has 2 fully saturated rings. The number of ether oxygens (including phenoxy) is 1. The quantitative estimate of drug-likeness (QED) is 0.600. The Balaban J connectivity index is 1.98. The maximum Gasteiger partial charge on any atom is 0.293 e. The molecule has 0 bridgehead atoms. The van der Waals surface area contributed by atoms with Crippen LogP contribution < -0.4 is 0 Å². The molecule has 0 saturated heterocycles. The minimum Gasteiger partial charge on any atom is -0.457 e. The van der Waals surface area contributed by atoms with Gasteiger partial charge in [-0.1, -0.05) is 27.2 Å². The lowest BCUT2D eigenvalue weighted by Gasteiger charge is -2.59. The number of aliphatic hydroxyl groups is 3. The lowest BCUT2D eigenvalue weighted by atomic mass is 9.46. The summed E-state index contributed by atoms with van der Waals surface area (Å²) in [5, 5.41) is 32.1. The van der Waals surface area contributed by atoms with Crippen LogP contribution in [0.15, 0.2) is 11.1 Å². The highest BCUT2D eigenvalue weighted by atomic mass is 16.5. The van der Waals surface area contributed by atoms with E-state index < -0.39 is 46.3 Å². The molecule has 0 heterocycles. The number of Topliss-reactive ketones (excluding diaryl/α,β-unsaturated/α-hetero) is 2. The van der Waals surface area contributed by atoms with Gasteiger partial charge in [-0.3, -0.25) is 14.4 Å². The number of carbonyl (C=O) groups is 3. The van der Waals surface area contributed by atoms with Gasteiger partial charge in [-0.05, 0) is 30.6 Å². The van der Waals surface area contributed by atoms with E-state index in [1.807, 2.05) is 20.8 Å². The minimum absolute atomic E-state index is 0.0557. The molecule has 0 unspecified atom stereocenters. The highest BCUT2D eigenvalue weighted by molar-refractivity contribution is 6.19. The molecule has 4 rings (SSSR count).